The number of para-hydroxylation sites is 1. The van der Waals surface area contributed by atoms with Gasteiger partial charge in [0.15, 0.2) is 5.78 Å². The lowest BCUT2D eigenvalue weighted by molar-refractivity contribution is 0.0593. The zero-order valence-electron chi connectivity index (χ0n) is 27.0. The van der Waals surface area contributed by atoms with Crippen LogP contribution < -0.4 is 21.3 Å². The summed E-state index contributed by atoms with van der Waals surface area (Å²) in [6, 6.07) is 31.4. The summed E-state index contributed by atoms with van der Waals surface area (Å²) in [5.41, 5.74) is 4.56. The summed E-state index contributed by atoms with van der Waals surface area (Å²) in [5.74, 6) is -0.0946. The molecule has 0 atom stereocenters. The van der Waals surface area contributed by atoms with Gasteiger partial charge in [-0.1, -0.05) is 72.8 Å². The van der Waals surface area contributed by atoms with E-state index in [1.807, 2.05) is 60.7 Å². The summed E-state index contributed by atoms with van der Waals surface area (Å²) >= 11 is 0. The van der Waals surface area contributed by atoms with E-state index in [2.05, 4.69) is 26.2 Å². The number of nitrogens with one attached hydrogen (secondary N) is 4. The van der Waals surface area contributed by atoms with Crippen LogP contribution >= 0.6 is 0 Å². The van der Waals surface area contributed by atoms with Crippen molar-refractivity contribution in [2.24, 2.45) is 0 Å². The Morgan fingerprint density at radius 2 is 1.52 bits per heavy atom. The summed E-state index contributed by atoms with van der Waals surface area (Å²) in [7, 11) is 0. The van der Waals surface area contributed by atoms with Crippen LogP contribution in [0.3, 0.4) is 0 Å². The largest absolute Gasteiger partial charge is 0.508 e. The maximum Gasteiger partial charge on any atom is 0.411 e. The van der Waals surface area contributed by atoms with Crippen LogP contribution in [-0.2, 0) is 11.3 Å². The lowest BCUT2D eigenvalue weighted by Crippen LogP contribution is -2.42. The number of benzene rings is 4. The highest BCUT2D eigenvalue weighted by Crippen LogP contribution is 2.28. The van der Waals surface area contributed by atoms with Gasteiger partial charge in [0.25, 0.3) is 5.91 Å². The highest BCUT2D eigenvalue weighted by molar-refractivity contribution is 6.01. The Morgan fingerprint density at radius 3 is 2.33 bits per heavy atom. The molecule has 1 saturated heterocycles. The molecule has 0 saturated carbocycles. The Kier molecular flexibility index (Phi) is 12.7. The molecule has 5 N–H and O–H groups in total. The maximum absolute atomic E-state index is 12.8. The lowest BCUT2D eigenvalue weighted by Gasteiger charge is -2.31. The second kappa shape index (κ2) is 17.8. The summed E-state index contributed by atoms with van der Waals surface area (Å²) in [6.07, 6.45) is 0.895. The zero-order chi connectivity index (χ0) is 33.6. The molecule has 48 heavy (non-hydrogen) atoms. The number of phenols is 1. The monoisotopic (exact) mass is 649 g/mol. The second-order valence-electron chi connectivity index (χ2n) is 11.8. The minimum atomic E-state index is -0.447. The van der Waals surface area contributed by atoms with Gasteiger partial charge in [-0.25, -0.2) is 4.79 Å². The van der Waals surface area contributed by atoms with Crippen LogP contribution in [0.1, 0.15) is 39.1 Å². The smallest absolute Gasteiger partial charge is 0.411 e. The van der Waals surface area contributed by atoms with E-state index < -0.39 is 6.09 Å². The van der Waals surface area contributed by atoms with E-state index in [0.717, 1.165) is 49.2 Å². The van der Waals surface area contributed by atoms with Crippen LogP contribution in [0.5, 0.6) is 5.75 Å². The number of hydrogen-bond donors (Lipinski definition) is 5. The highest BCUT2D eigenvalue weighted by Gasteiger charge is 2.22. The Balaban J connectivity index is 0.956. The fourth-order valence-electron chi connectivity index (χ4n) is 5.64. The van der Waals surface area contributed by atoms with E-state index in [9.17, 15) is 19.5 Å². The van der Waals surface area contributed by atoms with Gasteiger partial charge in [-0.15, -0.1) is 0 Å². The van der Waals surface area contributed by atoms with Gasteiger partial charge in [-0.3, -0.25) is 14.9 Å². The van der Waals surface area contributed by atoms with Crippen LogP contribution in [0.15, 0.2) is 103 Å². The third-order valence-electron chi connectivity index (χ3n) is 8.22. The Hall–Kier alpha value is -5.03. The number of hydrogen-bond acceptors (Lipinski definition) is 8. The summed E-state index contributed by atoms with van der Waals surface area (Å²) in [4.78, 5) is 40.4. The number of ether oxygens (including phenoxy) is 1. The first-order valence-electron chi connectivity index (χ1n) is 16.4. The number of rotatable bonds is 15. The molecule has 2 amide bonds. The molecular weight excluding hydrogens is 606 g/mol. The maximum atomic E-state index is 12.8. The quantitative estimate of drug-likeness (QED) is 0.0892. The first-order valence-corrected chi connectivity index (χ1v) is 16.4. The molecule has 0 aromatic heterocycles. The number of Topliss-reactive ketones (excluding diaryl/α,β-unsaturated/α-hetero) is 1. The number of anilines is 1. The third-order valence-corrected chi connectivity index (χ3v) is 8.22. The normalized spacial score (nSPS) is 13.5. The van der Waals surface area contributed by atoms with E-state index in [-0.39, 0.29) is 30.1 Å². The van der Waals surface area contributed by atoms with E-state index >= 15 is 0 Å². The number of carbonyl (C=O) groups is 3. The third kappa shape index (κ3) is 10.5. The van der Waals surface area contributed by atoms with Crippen molar-refractivity contribution in [3.05, 3.63) is 120 Å². The van der Waals surface area contributed by atoms with E-state index in [4.69, 9.17) is 4.74 Å². The number of amides is 2. The van der Waals surface area contributed by atoms with Crippen LogP contribution in [0, 0.1) is 0 Å². The molecule has 0 spiro atoms. The number of carbonyl (C=O) groups excluding carboxylic acids is 3. The SMILES string of the molecule is O=C(Nc1ccccc1-c1ccccc1)OC1CCN(CCNCC(=O)c2cccc(C(=O)NCCNCc3cccc(O)c3)c2)CC1. The zero-order valence-corrected chi connectivity index (χ0v) is 27.0. The van der Waals surface area contributed by atoms with Crippen molar-refractivity contribution in [1.82, 2.24) is 20.9 Å². The number of phenolic OH excluding ortho intramolecular Hbond substituents is 1. The number of nitrogens with zero attached hydrogens (tertiary/aromatic N) is 1. The van der Waals surface area contributed by atoms with Crippen molar-refractivity contribution in [2.75, 3.05) is 51.1 Å². The van der Waals surface area contributed by atoms with Crippen molar-refractivity contribution in [2.45, 2.75) is 25.5 Å². The van der Waals surface area contributed by atoms with E-state index in [0.29, 0.717) is 43.0 Å². The molecule has 0 bridgehead atoms. The number of likely N-dealkylation sites (tertiary alicyclic amines) is 1. The Bertz CT molecular complexity index is 1660. The van der Waals surface area contributed by atoms with Crippen molar-refractivity contribution < 1.29 is 24.2 Å². The average molecular weight is 650 g/mol. The summed E-state index contributed by atoms with van der Waals surface area (Å²) in [6.45, 7) is 4.77. The topological polar surface area (TPSA) is 132 Å². The van der Waals surface area contributed by atoms with Crippen molar-refractivity contribution in [3.63, 3.8) is 0 Å². The first-order chi connectivity index (χ1) is 23.4. The first kappa shape index (κ1) is 34.3. The summed E-state index contributed by atoms with van der Waals surface area (Å²) < 4.78 is 5.74. The summed E-state index contributed by atoms with van der Waals surface area (Å²) in [5, 5.41) is 21.8. The Morgan fingerprint density at radius 1 is 0.771 bits per heavy atom. The minimum absolute atomic E-state index is 0.0793. The molecule has 4 aromatic rings. The van der Waals surface area contributed by atoms with Crippen LogP contribution in [0.4, 0.5) is 10.5 Å². The number of ketones is 1. The molecule has 1 heterocycles. The molecule has 1 aliphatic rings. The molecule has 0 aliphatic carbocycles. The predicted molar refractivity (Wildman–Crippen MR) is 187 cm³/mol. The predicted octanol–water partition coefficient (Wildman–Crippen LogP) is 5.06. The molecule has 0 radical (unpaired) electrons. The van der Waals surface area contributed by atoms with Gasteiger partial charge in [-0.2, -0.15) is 0 Å². The molecule has 4 aromatic carbocycles. The van der Waals surface area contributed by atoms with Crippen molar-refractivity contribution in [1.29, 1.82) is 0 Å². The molecule has 1 fully saturated rings. The number of aromatic hydroxyl groups is 1. The lowest BCUT2D eigenvalue weighted by atomic mass is 10.0. The van der Waals surface area contributed by atoms with Gasteiger partial charge >= 0.3 is 6.09 Å². The van der Waals surface area contributed by atoms with Crippen LogP contribution in [0.25, 0.3) is 11.1 Å². The van der Waals surface area contributed by atoms with Gasteiger partial charge < -0.3 is 30.7 Å². The second-order valence-corrected chi connectivity index (χ2v) is 11.8. The minimum Gasteiger partial charge on any atom is -0.508 e. The highest BCUT2D eigenvalue weighted by atomic mass is 16.6. The Labute approximate surface area is 281 Å². The van der Waals surface area contributed by atoms with Crippen molar-refractivity contribution >= 4 is 23.5 Å². The molecule has 10 nitrogen and oxygen atoms in total. The van der Waals surface area contributed by atoms with Gasteiger partial charge in [0.2, 0.25) is 0 Å². The van der Waals surface area contributed by atoms with Gasteiger partial charge in [0.1, 0.15) is 11.9 Å². The molecule has 1 aliphatic heterocycles. The van der Waals surface area contributed by atoms with Gasteiger partial charge in [0, 0.05) is 62.5 Å². The number of piperidine rings is 1. The van der Waals surface area contributed by atoms with Gasteiger partial charge in [-0.05, 0) is 54.3 Å². The fourth-order valence-corrected chi connectivity index (χ4v) is 5.64. The molecule has 5 rings (SSSR count). The molecule has 10 heteroatoms. The van der Waals surface area contributed by atoms with E-state index in [1.165, 1.54) is 0 Å². The average Bonchev–Trinajstić information content (AvgIpc) is 3.11. The standard InChI is InChI=1S/C38H43N5O5/c44-32-13-6-8-28(24-32)26-39-18-19-41-37(46)31-12-7-11-30(25-31)36(45)27-40-20-23-43-21-16-33(17-22-43)48-38(47)42-35-15-5-4-14-34(35)29-9-2-1-3-10-29/h1-15,24-25,33,39-40,44H,16-23,26-27H2,(H,41,46)(H,42,47). The molecule has 250 valence electrons. The molecule has 0 unspecified atom stereocenters. The molecular formula is C38H43N5O5. The fraction of sp³-hybridized carbons (Fsp3) is 0.289. The van der Waals surface area contributed by atoms with E-state index in [1.54, 1.807) is 42.5 Å². The van der Waals surface area contributed by atoms with Gasteiger partial charge in [0.05, 0.1) is 12.2 Å². The van der Waals surface area contributed by atoms with Crippen molar-refractivity contribution in [3.8, 4) is 16.9 Å². The van der Waals surface area contributed by atoms with Crippen LogP contribution in [0.2, 0.25) is 0 Å². The van der Waals surface area contributed by atoms with Crippen LogP contribution in [-0.4, -0.2) is 79.7 Å².